The minimum Gasteiger partial charge on any atom is -0.378 e. The monoisotopic (exact) mass is 387 g/mol. The standard InChI is InChI=1S/C19H14ClNO4S/c20-14-10-12-16(13-11-14)26(23,24)25-18-9-5-4-8-17(18)19(22)21-15-6-2-1-3-7-15/h1-13H,(H,21,22). The average Bonchev–Trinajstić information content (AvgIpc) is 2.63. The summed E-state index contributed by atoms with van der Waals surface area (Å²) < 4.78 is 30.1. The van der Waals surface area contributed by atoms with Gasteiger partial charge in [0.1, 0.15) is 4.90 Å². The van der Waals surface area contributed by atoms with Crippen LogP contribution in [0.3, 0.4) is 0 Å². The predicted molar refractivity (Wildman–Crippen MR) is 100 cm³/mol. The maximum absolute atomic E-state index is 12.5. The number of hydrogen-bond acceptors (Lipinski definition) is 4. The van der Waals surface area contributed by atoms with E-state index in [2.05, 4.69) is 5.32 Å². The molecule has 0 aliphatic heterocycles. The Morgan fingerprint density at radius 1 is 0.846 bits per heavy atom. The summed E-state index contributed by atoms with van der Waals surface area (Å²) in [6.07, 6.45) is 0. The molecule has 26 heavy (non-hydrogen) atoms. The molecule has 0 heterocycles. The van der Waals surface area contributed by atoms with Gasteiger partial charge >= 0.3 is 10.1 Å². The van der Waals surface area contributed by atoms with Crippen LogP contribution >= 0.6 is 11.6 Å². The van der Waals surface area contributed by atoms with Crippen molar-refractivity contribution >= 4 is 33.3 Å². The minimum atomic E-state index is -4.10. The van der Waals surface area contributed by atoms with Gasteiger partial charge in [0, 0.05) is 10.7 Å². The zero-order valence-corrected chi connectivity index (χ0v) is 15.0. The Labute approximate surface area is 156 Å². The first-order chi connectivity index (χ1) is 12.5. The predicted octanol–water partition coefficient (Wildman–Crippen LogP) is 4.36. The van der Waals surface area contributed by atoms with Gasteiger partial charge in [-0.15, -0.1) is 0 Å². The lowest BCUT2D eigenvalue weighted by molar-refractivity contribution is 0.102. The second-order valence-corrected chi connectivity index (χ2v) is 7.29. The van der Waals surface area contributed by atoms with Crippen molar-refractivity contribution in [3.05, 3.63) is 89.4 Å². The summed E-state index contributed by atoms with van der Waals surface area (Å²) in [5, 5.41) is 3.11. The van der Waals surface area contributed by atoms with Crippen molar-refractivity contribution in [2.75, 3.05) is 5.32 Å². The molecule has 0 aromatic heterocycles. The van der Waals surface area contributed by atoms with Crippen molar-refractivity contribution in [2.45, 2.75) is 4.90 Å². The fourth-order valence-electron chi connectivity index (χ4n) is 2.21. The SMILES string of the molecule is O=C(Nc1ccccc1)c1ccccc1OS(=O)(=O)c1ccc(Cl)cc1. The fraction of sp³-hybridized carbons (Fsp3) is 0. The lowest BCUT2D eigenvalue weighted by Crippen LogP contribution is -2.16. The van der Waals surface area contributed by atoms with Crippen LogP contribution in [0.25, 0.3) is 0 Å². The molecule has 1 amide bonds. The first-order valence-electron chi connectivity index (χ1n) is 7.61. The molecule has 0 aliphatic carbocycles. The number of amides is 1. The third kappa shape index (κ3) is 4.22. The van der Waals surface area contributed by atoms with Crippen LogP contribution in [0.15, 0.2) is 83.8 Å². The smallest absolute Gasteiger partial charge is 0.339 e. The largest absolute Gasteiger partial charge is 0.378 e. The van der Waals surface area contributed by atoms with Gasteiger partial charge in [-0.2, -0.15) is 8.42 Å². The van der Waals surface area contributed by atoms with Crippen LogP contribution in [0.2, 0.25) is 5.02 Å². The van der Waals surface area contributed by atoms with Crippen molar-refractivity contribution in [3.63, 3.8) is 0 Å². The van der Waals surface area contributed by atoms with Gasteiger partial charge in [-0.05, 0) is 48.5 Å². The number of anilines is 1. The van der Waals surface area contributed by atoms with E-state index in [0.29, 0.717) is 10.7 Å². The highest BCUT2D eigenvalue weighted by Gasteiger charge is 2.21. The van der Waals surface area contributed by atoms with E-state index in [1.54, 1.807) is 36.4 Å². The van der Waals surface area contributed by atoms with Gasteiger partial charge in [0.15, 0.2) is 5.75 Å². The number of carbonyl (C=O) groups is 1. The summed E-state index contributed by atoms with van der Waals surface area (Å²) >= 11 is 5.78. The van der Waals surface area contributed by atoms with Crippen molar-refractivity contribution in [3.8, 4) is 5.75 Å². The molecule has 3 aromatic carbocycles. The lowest BCUT2D eigenvalue weighted by atomic mass is 10.2. The molecule has 0 saturated carbocycles. The van der Waals surface area contributed by atoms with Gasteiger partial charge in [0.2, 0.25) is 0 Å². The zero-order chi connectivity index (χ0) is 18.6. The number of carbonyl (C=O) groups excluding carboxylic acids is 1. The maximum Gasteiger partial charge on any atom is 0.339 e. The Balaban J connectivity index is 1.87. The van der Waals surface area contributed by atoms with Crippen LogP contribution in [0.5, 0.6) is 5.75 Å². The molecule has 3 aromatic rings. The van der Waals surface area contributed by atoms with Gasteiger partial charge < -0.3 is 9.50 Å². The molecule has 132 valence electrons. The van der Waals surface area contributed by atoms with Gasteiger partial charge in [-0.25, -0.2) is 0 Å². The van der Waals surface area contributed by atoms with Crippen LogP contribution in [-0.2, 0) is 10.1 Å². The van der Waals surface area contributed by atoms with E-state index < -0.39 is 16.0 Å². The molecule has 0 bridgehead atoms. The van der Waals surface area contributed by atoms with Crippen molar-refractivity contribution in [2.24, 2.45) is 0 Å². The molecule has 0 atom stereocenters. The van der Waals surface area contributed by atoms with Gasteiger partial charge in [-0.1, -0.05) is 41.9 Å². The number of para-hydroxylation sites is 2. The lowest BCUT2D eigenvalue weighted by Gasteiger charge is -2.12. The van der Waals surface area contributed by atoms with Gasteiger partial charge in [-0.3, -0.25) is 4.79 Å². The van der Waals surface area contributed by atoms with Crippen LogP contribution in [0.1, 0.15) is 10.4 Å². The molecule has 0 radical (unpaired) electrons. The molecular formula is C19H14ClNO4S. The highest BCUT2D eigenvalue weighted by Crippen LogP contribution is 2.24. The van der Waals surface area contributed by atoms with E-state index in [1.165, 1.54) is 36.4 Å². The minimum absolute atomic E-state index is 0.0554. The van der Waals surface area contributed by atoms with Crippen LogP contribution in [0, 0.1) is 0 Å². The molecule has 7 heteroatoms. The topological polar surface area (TPSA) is 72.5 Å². The average molecular weight is 388 g/mol. The van der Waals surface area contributed by atoms with Crippen molar-refractivity contribution in [1.29, 1.82) is 0 Å². The summed E-state index contributed by atoms with van der Waals surface area (Å²) in [6, 6.07) is 20.5. The number of hydrogen-bond donors (Lipinski definition) is 1. The highest BCUT2D eigenvalue weighted by molar-refractivity contribution is 7.87. The summed E-state index contributed by atoms with van der Waals surface area (Å²) in [5.74, 6) is -0.533. The summed E-state index contributed by atoms with van der Waals surface area (Å²) in [6.45, 7) is 0. The second kappa shape index (κ2) is 7.59. The third-order valence-corrected chi connectivity index (χ3v) is 4.97. The molecule has 1 N–H and O–H groups in total. The summed E-state index contributed by atoms with van der Waals surface area (Å²) in [5.41, 5.74) is 0.696. The van der Waals surface area contributed by atoms with E-state index in [0.717, 1.165) is 0 Å². The first-order valence-corrected chi connectivity index (χ1v) is 9.40. The number of nitrogens with one attached hydrogen (secondary N) is 1. The third-order valence-electron chi connectivity index (χ3n) is 3.47. The molecule has 3 rings (SSSR count). The van der Waals surface area contributed by atoms with E-state index in [4.69, 9.17) is 15.8 Å². The van der Waals surface area contributed by atoms with Crippen molar-refractivity contribution in [1.82, 2.24) is 0 Å². The zero-order valence-electron chi connectivity index (χ0n) is 13.4. The van der Waals surface area contributed by atoms with E-state index in [1.807, 2.05) is 6.07 Å². The normalized spacial score (nSPS) is 11.0. The fourth-order valence-corrected chi connectivity index (χ4v) is 3.29. The summed E-state index contributed by atoms with van der Waals surface area (Å²) in [4.78, 5) is 12.4. The molecule has 0 fully saturated rings. The Morgan fingerprint density at radius 2 is 1.46 bits per heavy atom. The molecule has 0 aliphatic rings. The maximum atomic E-state index is 12.5. The molecular weight excluding hydrogens is 374 g/mol. The van der Waals surface area contributed by atoms with Crippen molar-refractivity contribution < 1.29 is 17.4 Å². The van der Waals surface area contributed by atoms with Crippen LogP contribution < -0.4 is 9.50 Å². The molecule has 0 unspecified atom stereocenters. The number of rotatable bonds is 5. The quantitative estimate of drug-likeness (QED) is 0.660. The molecule has 5 nitrogen and oxygen atoms in total. The van der Waals surface area contributed by atoms with E-state index in [9.17, 15) is 13.2 Å². The second-order valence-electron chi connectivity index (χ2n) is 5.31. The summed E-state index contributed by atoms with van der Waals surface area (Å²) in [7, 11) is -4.10. The Morgan fingerprint density at radius 3 is 2.15 bits per heavy atom. The Hall–Kier alpha value is -2.83. The number of benzene rings is 3. The van der Waals surface area contributed by atoms with Gasteiger partial charge in [0.05, 0.1) is 5.56 Å². The van der Waals surface area contributed by atoms with Crippen LogP contribution in [0.4, 0.5) is 5.69 Å². The molecule has 0 saturated heterocycles. The van der Waals surface area contributed by atoms with E-state index >= 15 is 0 Å². The van der Waals surface area contributed by atoms with Gasteiger partial charge in [0.25, 0.3) is 5.91 Å². The van der Waals surface area contributed by atoms with E-state index in [-0.39, 0.29) is 16.2 Å². The number of halogens is 1. The molecule has 0 spiro atoms. The Bertz CT molecular complexity index is 1020. The van der Waals surface area contributed by atoms with Crippen LogP contribution in [-0.4, -0.2) is 14.3 Å². The Kier molecular flexibility index (Phi) is 5.25. The highest BCUT2D eigenvalue weighted by atomic mass is 35.5. The first kappa shape index (κ1) is 18.0.